The van der Waals surface area contributed by atoms with Crippen LogP contribution in [0.4, 0.5) is 28.4 Å². The van der Waals surface area contributed by atoms with Gasteiger partial charge in [0.15, 0.2) is 0 Å². The maximum atomic E-state index is 2.76. The van der Waals surface area contributed by atoms with Crippen molar-refractivity contribution < 1.29 is 0 Å². The Labute approximate surface area is 384 Å². The average Bonchev–Trinajstić information content (AvgIpc) is 3.60. The van der Waals surface area contributed by atoms with Crippen molar-refractivity contribution in [1.29, 1.82) is 0 Å². The van der Waals surface area contributed by atoms with Gasteiger partial charge in [-0.05, 0) is 156 Å². The second-order valence-electron chi connectivity index (χ2n) is 23.8. The fraction of sp³-hybridized carbons (Fsp3) is 0.390. The van der Waals surface area contributed by atoms with Gasteiger partial charge in [-0.25, -0.2) is 0 Å². The Kier molecular flexibility index (Phi) is 9.51. The number of nitrogens with zero attached hydrogens (tertiary/aromatic N) is 2. The van der Waals surface area contributed by atoms with Crippen molar-refractivity contribution in [3.63, 3.8) is 0 Å². The van der Waals surface area contributed by atoms with Gasteiger partial charge in [0.25, 0.3) is 0 Å². The smallest absolute Gasteiger partial charge is 0.228 e. The summed E-state index contributed by atoms with van der Waals surface area (Å²) >= 11 is 2.09. The molecule has 6 aromatic carbocycles. The Morgan fingerprint density at radius 2 is 1.11 bits per heavy atom. The zero-order valence-electron chi connectivity index (χ0n) is 40.4. The molecule has 63 heavy (non-hydrogen) atoms. The summed E-state index contributed by atoms with van der Waals surface area (Å²) in [4.78, 5) is 6.85. The van der Waals surface area contributed by atoms with E-state index < -0.39 is 0 Å². The summed E-state index contributed by atoms with van der Waals surface area (Å²) in [6.07, 6.45) is 2.37. The molecule has 2 nitrogen and oxygen atoms in total. The highest BCUT2D eigenvalue weighted by molar-refractivity contribution is 8.00. The third-order valence-corrected chi connectivity index (χ3v) is 16.8. The van der Waals surface area contributed by atoms with E-state index in [2.05, 4.69) is 234 Å². The Balaban J connectivity index is 1.34. The number of rotatable bonds is 3. The molecule has 3 aliphatic heterocycles. The van der Waals surface area contributed by atoms with Crippen LogP contribution in [0.2, 0.25) is 0 Å². The first-order valence-electron chi connectivity index (χ1n) is 23.6. The van der Waals surface area contributed by atoms with Crippen molar-refractivity contribution >= 4 is 57.8 Å². The van der Waals surface area contributed by atoms with Crippen molar-refractivity contribution in [2.75, 3.05) is 9.80 Å². The predicted molar refractivity (Wildman–Crippen MR) is 275 cm³/mol. The fourth-order valence-corrected chi connectivity index (χ4v) is 12.9. The third kappa shape index (κ3) is 6.83. The molecule has 0 spiro atoms. The predicted octanol–water partition coefficient (Wildman–Crippen LogP) is 15.2. The molecule has 322 valence electrons. The minimum absolute atomic E-state index is 0.0373. The molecule has 0 aromatic heterocycles. The molecule has 2 atom stereocenters. The molecule has 2 unspecified atom stereocenters. The SMILES string of the molecule is Cc1ccccc1-c1cc2c3c(c1)N(c1ccc(C(C)(C)C)cc1)C1Sc4ccc(C(C)(C)C)cc4C1B3c1cc3c(cc1N2c1ccc(C(C)(C)C)cc1)C(C)(C)CCC3(C)C. The first-order chi connectivity index (χ1) is 29.5. The molecule has 0 amide bonds. The standard InChI is InChI=1S/C59H67BN2S/c1-36-17-15-16-18-43(36)37-31-49-53-50(32-37)62(42-26-21-39(22-27-42)56(5,6)7)54-52(44-33-40(57(8,9)10)23-28-51(44)63-54)60(53)47-34-45-46(59(13,14)30-29-58(45,11)12)35-48(47)61(49)41-24-19-38(20-25-41)55(2,3)4/h15-28,31-35,52,54H,29-30H2,1-14H3. The fourth-order valence-electron chi connectivity index (χ4n) is 11.3. The number of aryl methyl sites for hydroxylation is 1. The molecular weight excluding hydrogens is 780 g/mol. The number of fused-ring (bicyclic) bond motifs is 7. The summed E-state index contributed by atoms with van der Waals surface area (Å²) in [6.45, 7) is 33.4. The van der Waals surface area contributed by atoms with Gasteiger partial charge in [-0.3, -0.25) is 0 Å². The largest absolute Gasteiger partial charge is 0.329 e. The number of hydrogen-bond donors (Lipinski definition) is 0. The topological polar surface area (TPSA) is 6.48 Å². The number of benzene rings is 6. The van der Waals surface area contributed by atoms with E-state index in [1.807, 2.05) is 0 Å². The highest BCUT2D eigenvalue weighted by Crippen LogP contribution is 2.58. The van der Waals surface area contributed by atoms with E-state index in [9.17, 15) is 0 Å². The number of thioether (sulfide) groups is 1. The van der Waals surface area contributed by atoms with E-state index >= 15 is 0 Å². The summed E-state index contributed by atoms with van der Waals surface area (Å²) in [5, 5.41) is 0.166. The maximum Gasteiger partial charge on any atom is 0.228 e. The van der Waals surface area contributed by atoms with Gasteiger partial charge in [-0.15, -0.1) is 11.8 Å². The van der Waals surface area contributed by atoms with E-state index in [0.29, 0.717) is 0 Å². The molecule has 0 saturated heterocycles. The summed E-state index contributed by atoms with van der Waals surface area (Å²) in [6, 6.07) is 46.1. The Bertz CT molecular complexity index is 2790. The first-order valence-corrected chi connectivity index (χ1v) is 24.5. The lowest BCUT2D eigenvalue weighted by Gasteiger charge is -2.50. The Morgan fingerprint density at radius 3 is 1.70 bits per heavy atom. The minimum Gasteiger partial charge on any atom is -0.329 e. The van der Waals surface area contributed by atoms with Gasteiger partial charge in [0.2, 0.25) is 6.71 Å². The van der Waals surface area contributed by atoms with Gasteiger partial charge < -0.3 is 9.80 Å². The summed E-state index contributed by atoms with van der Waals surface area (Å²) in [5.74, 6) is 0.229. The van der Waals surface area contributed by atoms with Crippen LogP contribution >= 0.6 is 11.8 Å². The van der Waals surface area contributed by atoms with Gasteiger partial charge >= 0.3 is 0 Å². The van der Waals surface area contributed by atoms with Gasteiger partial charge in [0.1, 0.15) is 0 Å². The lowest BCUT2D eigenvalue weighted by molar-refractivity contribution is 0.332. The van der Waals surface area contributed by atoms with Crippen LogP contribution in [-0.2, 0) is 27.1 Å². The molecule has 10 rings (SSSR count). The Hall–Kier alpha value is -4.67. The molecule has 0 N–H and O–H groups in total. The molecule has 0 bridgehead atoms. The van der Waals surface area contributed by atoms with Crippen LogP contribution in [0.3, 0.4) is 0 Å². The zero-order chi connectivity index (χ0) is 44.8. The number of anilines is 5. The van der Waals surface area contributed by atoms with E-state index in [1.165, 1.54) is 107 Å². The van der Waals surface area contributed by atoms with Crippen LogP contribution < -0.4 is 20.7 Å². The molecule has 4 aliphatic rings. The molecule has 6 aromatic rings. The quantitative estimate of drug-likeness (QED) is 0.164. The van der Waals surface area contributed by atoms with Crippen molar-refractivity contribution in [2.24, 2.45) is 0 Å². The van der Waals surface area contributed by atoms with Crippen molar-refractivity contribution in [1.82, 2.24) is 0 Å². The molecule has 4 heteroatoms. The van der Waals surface area contributed by atoms with Crippen LogP contribution in [0, 0.1) is 6.92 Å². The monoisotopic (exact) mass is 847 g/mol. The van der Waals surface area contributed by atoms with Crippen molar-refractivity contribution in [2.45, 2.75) is 153 Å². The van der Waals surface area contributed by atoms with Crippen molar-refractivity contribution in [3.8, 4) is 11.1 Å². The number of hydrogen-bond acceptors (Lipinski definition) is 3. The third-order valence-electron chi connectivity index (χ3n) is 15.4. The second kappa shape index (κ2) is 14.2. The van der Waals surface area contributed by atoms with Gasteiger partial charge in [-0.1, -0.05) is 157 Å². The molecular formula is C59H67BN2S. The van der Waals surface area contributed by atoms with Crippen LogP contribution in [0.5, 0.6) is 0 Å². The van der Waals surface area contributed by atoms with Crippen LogP contribution in [0.1, 0.15) is 148 Å². The maximum absolute atomic E-state index is 2.76. The average molecular weight is 847 g/mol. The summed E-state index contributed by atoms with van der Waals surface area (Å²) < 4.78 is 0. The van der Waals surface area contributed by atoms with E-state index in [0.717, 1.165) is 0 Å². The van der Waals surface area contributed by atoms with Crippen molar-refractivity contribution in [3.05, 3.63) is 154 Å². The lowest BCUT2D eigenvalue weighted by Crippen LogP contribution is -2.62. The Morgan fingerprint density at radius 1 is 0.571 bits per heavy atom. The van der Waals surface area contributed by atoms with E-state index in [-0.39, 0.29) is 45.0 Å². The van der Waals surface area contributed by atoms with E-state index in [4.69, 9.17) is 0 Å². The molecule has 0 saturated carbocycles. The highest BCUT2D eigenvalue weighted by atomic mass is 32.2. The molecule has 0 radical (unpaired) electrons. The molecule has 1 aliphatic carbocycles. The second-order valence-corrected chi connectivity index (χ2v) is 24.9. The van der Waals surface area contributed by atoms with Crippen LogP contribution in [0.15, 0.2) is 120 Å². The summed E-state index contributed by atoms with van der Waals surface area (Å²) in [5.41, 5.74) is 22.2. The summed E-state index contributed by atoms with van der Waals surface area (Å²) in [7, 11) is 0. The zero-order valence-corrected chi connectivity index (χ0v) is 41.2. The highest BCUT2D eigenvalue weighted by Gasteiger charge is 2.55. The van der Waals surface area contributed by atoms with Crippen LogP contribution in [-0.4, -0.2) is 12.1 Å². The van der Waals surface area contributed by atoms with Gasteiger partial charge in [0.05, 0.1) is 5.37 Å². The minimum atomic E-state index is 0.0373. The lowest BCUT2D eigenvalue weighted by atomic mass is 9.29. The normalized spacial score (nSPS) is 19.6. The van der Waals surface area contributed by atoms with E-state index in [1.54, 1.807) is 0 Å². The van der Waals surface area contributed by atoms with Crippen LogP contribution in [0.25, 0.3) is 11.1 Å². The first kappa shape index (κ1) is 42.3. The molecule has 3 heterocycles. The van der Waals surface area contributed by atoms with Gasteiger partial charge in [-0.2, -0.15) is 0 Å². The van der Waals surface area contributed by atoms with Gasteiger partial charge in [0, 0.05) is 39.1 Å². The molecule has 0 fully saturated rings.